The molecule has 0 aliphatic heterocycles. The zero-order chi connectivity index (χ0) is 13.4. The zero-order valence-electron chi connectivity index (χ0n) is 10.8. The van der Waals surface area contributed by atoms with Crippen LogP contribution in [0.5, 0.6) is 11.5 Å². The molecule has 0 heterocycles. The maximum Gasteiger partial charge on any atom is 0.161 e. The van der Waals surface area contributed by atoms with Crippen LogP contribution in [-0.4, -0.2) is 43.2 Å². The summed E-state index contributed by atoms with van der Waals surface area (Å²) in [6, 6.07) is 5.61. The fraction of sp³-hybridized carbons (Fsp3) is 0.538. The lowest BCUT2D eigenvalue weighted by atomic mass is 10.2. The minimum Gasteiger partial charge on any atom is -0.493 e. The highest BCUT2D eigenvalue weighted by atomic mass is 16.5. The van der Waals surface area contributed by atoms with E-state index >= 15 is 0 Å². The molecule has 0 aliphatic rings. The maximum atomic E-state index is 9.14. The van der Waals surface area contributed by atoms with E-state index in [-0.39, 0.29) is 19.3 Å². The highest BCUT2D eigenvalue weighted by molar-refractivity contribution is 5.42. The number of hydrogen-bond acceptors (Lipinski definition) is 5. The minimum atomic E-state index is -0.362. The Hall–Kier alpha value is -1.30. The lowest BCUT2D eigenvalue weighted by Crippen LogP contribution is -2.23. The Labute approximate surface area is 107 Å². The summed E-state index contributed by atoms with van der Waals surface area (Å²) in [6.07, 6.45) is -0.362. The number of nitrogens with one attached hydrogen (secondary N) is 1. The van der Waals surface area contributed by atoms with E-state index in [4.69, 9.17) is 19.7 Å². The van der Waals surface area contributed by atoms with Crippen molar-refractivity contribution >= 4 is 0 Å². The first-order valence-corrected chi connectivity index (χ1v) is 5.96. The lowest BCUT2D eigenvalue weighted by Gasteiger charge is -2.12. The van der Waals surface area contributed by atoms with E-state index in [2.05, 4.69) is 5.32 Å². The van der Waals surface area contributed by atoms with Gasteiger partial charge in [-0.3, -0.25) is 0 Å². The Morgan fingerprint density at radius 1 is 1.33 bits per heavy atom. The topological polar surface area (TPSA) is 71.0 Å². The number of aliphatic hydroxyl groups excluding tert-OH is 2. The van der Waals surface area contributed by atoms with Crippen molar-refractivity contribution in [2.45, 2.75) is 19.6 Å². The molecule has 0 spiro atoms. The molecule has 0 amide bonds. The van der Waals surface area contributed by atoms with Gasteiger partial charge >= 0.3 is 0 Å². The molecule has 1 rings (SSSR count). The van der Waals surface area contributed by atoms with Gasteiger partial charge in [0.05, 0.1) is 19.8 Å². The van der Waals surface area contributed by atoms with Gasteiger partial charge in [0.2, 0.25) is 0 Å². The third kappa shape index (κ3) is 4.91. The average molecular weight is 255 g/mol. The molecule has 5 heteroatoms. The fourth-order valence-electron chi connectivity index (χ4n) is 1.52. The number of methoxy groups -OCH3 is 1. The van der Waals surface area contributed by atoms with Crippen molar-refractivity contribution in [1.82, 2.24) is 5.32 Å². The van der Waals surface area contributed by atoms with E-state index in [9.17, 15) is 0 Å². The Morgan fingerprint density at radius 3 is 2.72 bits per heavy atom. The van der Waals surface area contributed by atoms with Crippen LogP contribution < -0.4 is 14.8 Å². The predicted molar refractivity (Wildman–Crippen MR) is 69.0 cm³/mol. The van der Waals surface area contributed by atoms with Gasteiger partial charge < -0.3 is 25.0 Å². The number of rotatable bonds is 8. The number of aliphatic hydroxyl groups is 2. The molecule has 1 unspecified atom stereocenters. The second kappa shape index (κ2) is 7.92. The van der Waals surface area contributed by atoms with Crippen molar-refractivity contribution in [2.75, 3.05) is 26.9 Å². The summed E-state index contributed by atoms with van der Waals surface area (Å²) in [7, 11) is 1.58. The molecule has 1 aromatic rings. The molecule has 102 valence electrons. The molecular weight excluding hydrogens is 234 g/mol. The van der Waals surface area contributed by atoms with Gasteiger partial charge in [-0.15, -0.1) is 0 Å². The van der Waals surface area contributed by atoms with Crippen molar-refractivity contribution in [3.8, 4) is 11.5 Å². The average Bonchev–Trinajstić information content (AvgIpc) is 2.36. The quantitative estimate of drug-likeness (QED) is 0.632. The van der Waals surface area contributed by atoms with Crippen LogP contribution in [-0.2, 0) is 6.54 Å². The summed E-state index contributed by atoms with van der Waals surface area (Å²) in [5, 5.41) is 21.0. The van der Waals surface area contributed by atoms with Gasteiger partial charge in [0.1, 0.15) is 6.61 Å². The van der Waals surface area contributed by atoms with Crippen molar-refractivity contribution in [3.05, 3.63) is 23.8 Å². The third-order valence-electron chi connectivity index (χ3n) is 2.35. The van der Waals surface area contributed by atoms with Crippen molar-refractivity contribution < 1.29 is 19.7 Å². The molecule has 0 saturated carbocycles. The molecule has 3 N–H and O–H groups in total. The van der Waals surface area contributed by atoms with Gasteiger partial charge in [-0.2, -0.15) is 0 Å². The van der Waals surface area contributed by atoms with E-state index in [1.165, 1.54) is 0 Å². The van der Waals surface area contributed by atoms with E-state index in [0.717, 1.165) is 5.56 Å². The first-order chi connectivity index (χ1) is 8.67. The summed E-state index contributed by atoms with van der Waals surface area (Å²) >= 11 is 0. The normalized spacial score (nSPS) is 12.2. The summed E-state index contributed by atoms with van der Waals surface area (Å²) < 4.78 is 10.6. The summed E-state index contributed by atoms with van der Waals surface area (Å²) in [4.78, 5) is 0. The number of hydrogen-bond donors (Lipinski definition) is 3. The summed E-state index contributed by atoms with van der Waals surface area (Å²) in [5.74, 6) is 1.26. The van der Waals surface area contributed by atoms with E-state index in [1.54, 1.807) is 14.0 Å². The molecular formula is C13H21NO4. The van der Waals surface area contributed by atoms with Crippen molar-refractivity contribution in [3.63, 3.8) is 0 Å². The van der Waals surface area contributed by atoms with Crippen LogP contribution in [0.1, 0.15) is 12.5 Å². The summed E-state index contributed by atoms with van der Waals surface area (Å²) in [5.41, 5.74) is 1.05. The van der Waals surface area contributed by atoms with E-state index < -0.39 is 0 Å². The van der Waals surface area contributed by atoms with E-state index in [0.29, 0.717) is 24.6 Å². The van der Waals surface area contributed by atoms with Crippen molar-refractivity contribution in [1.29, 1.82) is 0 Å². The predicted octanol–water partition coefficient (Wildman–Crippen LogP) is 0.537. The van der Waals surface area contributed by atoms with Gasteiger partial charge in [0.15, 0.2) is 11.5 Å². The van der Waals surface area contributed by atoms with Crippen LogP contribution in [0.2, 0.25) is 0 Å². The molecule has 0 radical (unpaired) electrons. The van der Waals surface area contributed by atoms with Gasteiger partial charge in [-0.05, 0) is 24.6 Å². The highest BCUT2D eigenvalue weighted by Gasteiger charge is 2.05. The molecule has 0 saturated heterocycles. The largest absolute Gasteiger partial charge is 0.493 e. The Morgan fingerprint density at radius 2 is 2.11 bits per heavy atom. The fourth-order valence-corrected chi connectivity index (χ4v) is 1.52. The van der Waals surface area contributed by atoms with Gasteiger partial charge in [-0.25, -0.2) is 0 Å². The molecule has 0 aliphatic carbocycles. The molecule has 0 fully saturated rings. The third-order valence-corrected chi connectivity index (χ3v) is 2.35. The Bertz CT molecular complexity index is 355. The molecule has 0 aromatic heterocycles. The smallest absolute Gasteiger partial charge is 0.161 e. The van der Waals surface area contributed by atoms with Crippen LogP contribution in [0, 0.1) is 0 Å². The van der Waals surface area contributed by atoms with Gasteiger partial charge in [0.25, 0.3) is 0 Å². The number of ether oxygens (including phenoxy) is 2. The van der Waals surface area contributed by atoms with Crippen LogP contribution in [0.4, 0.5) is 0 Å². The number of benzene rings is 1. The first-order valence-electron chi connectivity index (χ1n) is 5.96. The highest BCUT2D eigenvalue weighted by Crippen LogP contribution is 2.27. The molecule has 18 heavy (non-hydrogen) atoms. The van der Waals surface area contributed by atoms with E-state index in [1.807, 2.05) is 18.2 Å². The van der Waals surface area contributed by atoms with Crippen LogP contribution in [0.25, 0.3) is 0 Å². The molecule has 1 atom stereocenters. The molecule has 1 aromatic carbocycles. The monoisotopic (exact) mass is 255 g/mol. The second-order valence-electron chi connectivity index (χ2n) is 4.04. The Kier molecular flexibility index (Phi) is 6.49. The zero-order valence-corrected chi connectivity index (χ0v) is 10.8. The van der Waals surface area contributed by atoms with Crippen LogP contribution in [0.3, 0.4) is 0 Å². The van der Waals surface area contributed by atoms with Crippen molar-refractivity contribution in [2.24, 2.45) is 0 Å². The van der Waals surface area contributed by atoms with Gasteiger partial charge in [0, 0.05) is 13.1 Å². The minimum absolute atomic E-state index is 0.0269. The molecule has 0 bridgehead atoms. The lowest BCUT2D eigenvalue weighted by molar-refractivity contribution is 0.191. The SMILES string of the molecule is COc1cc(CNCC(C)O)ccc1OCCO. The standard InChI is InChI=1S/C13H21NO4/c1-10(16)8-14-9-11-3-4-12(18-6-5-15)13(7-11)17-2/h3-4,7,10,14-16H,5-6,8-9H2,1-2H3. The maximum absolute atomic E-state index is 9.14. The first kappa shape index (κ1) is 14.8. The second-order valence-corrected chi connectivity index (χ2v) is 4.04. The van der Waals surface area contributed by atoms with Gasteiger partial charge in [-0.1, -0.05) is 6.07 Å². The van der Waals surface area contributed by atoms with Crippen LogP contribution >= 0.6 is 0 Å². The van der Waals surface area contributed by atoms with Crippen LogP contribution in [0.15, 0.2) is 18.2 Å². The molecule has 5 nitrogen and oxygen atoms in total. The summed E-state index contributed by atoms with van der Waals surface area (Å²) in [6.45, 7) is 3.16. The Balaban J connectivity index is 2.60.